The maximum atomic E-state index is 13.3. The maximum Gasteiger partial charge on any atom is 0.123 e. The molecule has 1 aromatic rings. The summed E-state index contributed by atoms with van der Waals surface area (Å²) in [5.74, 6) is -0.174. The van der Waals surface area contributed by atoms with Crippen LogP contribution in [0.15, 0.2) is 22.7 Å². The molecule has 0 bridgehead atoms. The summed E-state index contributed by atoms with van der Waals surface area (Å²) in [6.07, 6.45) is 1.94. The molecule has 1 atom stereocenters. The molecule has 0 spiro atoms. The van der Waals surface area contributed by atoms with E-state index in [1.165, 1.54) is 6.07 Å². The number of rotatable bonds is 7. The van der Waals surface area contributed by atoms with Crippen molar-refractivity contribution in [2.45, 2.75) is 25.8 Å². The fraction of sp³-hybridized carbons (Fsp3) is 0.571. The Morgan fingerprint density at radius 1 is 1.39 bits per heavy atom. The number of nitrogens with zero attached hydrogens (tertiary/aromatic N) is 1. The molecule has 0 aliphatic heterocycles. The summed E-state index contributed by atoms with van der Waals surface area (Å²) >= 11 is 3.49. The highest BCUT2D eigenvalue weighted by Gasteiger charge is 2.12. The molecule has 1 aromatic carbocycles. The lowest BCUT2D eigenvalue weighted by Gasteiger charge is -2.23. The molecule has 0 heterocycles. The molecule has 0 aromatic heterocycles. The number of halogens is 2. The Morgan fingerprint density at radius 2 is 2.11 bits per heavy atom. The molecule has 0 saturated carbocycles. The average Bonchev–Trinajstić information content (AvgIpc) is 2.30. The molecule has 0 saturated heterocycles. The van der Waals surface area contributed by atoms with E-state index in [9.17, 15) is 4.39 Å². The second-order valence-electron chi connectivity index (χ2n) is 4.85. The van der Waals surface area contributed by atoms with Crippen molar-refractivity contribution in [1.82, 2.24) is 10.2 Å². The van der Waals surface area contributed by atoms with Gasteiger partial charge in [-0.15, -0.1) is 0 Å². The third-order valence-corrected chi connectivity index (χ3v) is 3.52. The van der Waals surface area contributed by atoms with Gasteiger partial charge in [-0.1, -0.05) is 22.9 Å². The van der Waals surface area contributed by atoms with Gasteiger partial charge in [-0.25, -0.2) is 4.39 Å². The van der Waals surface area contributed by atoms with Crippen molar-refractivity contribution in [3.8, 4) is 0 Å². The zero-order valence-electron chi connectivity index (χ0n) is 11.3. The van der Waals surface area contributed by atoms with Gasteiger partial charge in [0.15, 0.2) is 0 Å². The van der Waals surface area contributed by atoms with Crippen LogP contribution in [-0.4, -0.2) is 38.1 Å². The molecule has 0 amide bonds. The van der Waals surface area contributed by atoms with Gasteiger partial charge in [0.25, 0.3) is 0 Å². The highest BCUT2D eigenvalue weighted by molar-refractivity contribution is 9.10. The normalized spacial score (nSPS) is 13.0. The lowest BCUT2D eigenvalue weighted by Crippen LogP contribution is -2.40. The Bertz CT molecular complexity index is 369. The monoisotopic (exact) mass is 316 g/mol. The molecule has 18 heavy (non-hydrogen) atoms. The number of hydrogen-bond acceptors (Lipinski definition) is 2. The third-order valence-electron chi connectivity index (χ3n) is 2.74. The van der Waals surface area contributed by atoms with Gasteiger partial charge in [0.2, 0.25) is 0 Å². The summed E-state index contributed by atoms with van der Waals surface area (Å²) in [4.78, 5) is 2.15. The fourth-order valence-corrected chi connectivity index (χ4v) is 2.36. The molecule has 1 N–H and O–H groups in total. The zero-order chi connectivity index (χ0) is 13.5. The Balaban J connectivity index is 2.71. The topological polar surface area (TPSA) is 15.3 Å². The Hall–Kier alpha value is -0.450. The van der Waals surface area contributed by atoms with Gasteiger partial charge in [-0.2, -0.15) is 0 Å². The van der Waals surface area contributed by atoms with Crippen molar-refractivity contribution in [3.05, 3.63) is 34.1 Å². The third kappa shape index (κ3) is 5.46. The van der Waals surface area contributed by atoms with Gasteiger partial charge in [-0.05, 0) is 57.2 Å². The first kappa shape index (κ1) is 15.6. The van der Waals surface area contributed by atoms with Gasteiger partial charge < -0.3 is 10.2 Å². The minimum Gasteiger partial charge on any atom is -0.312 e. The van der Waals surface area contributed by atoms with E-state index in [2.05, 4.69) is 47.2 Å². The smallest absolute Gasteiger partial charge is 0.123 e. The molecular weight excluding hydrogens is 295 g/mol. The van der Waals surface area contributed by atoms with E-state index in [1.54, 1.807) is 12.1 Å². The van der Waals surface area contributed by atoms with Gasteiger partial charge in [0, 0.05) is 17.1 Å². The van der Waals surface area contributed by atoms with E-state index < -0.39 is 0 Å². The first-order valence-corrected chi connectivity index (χ1v) is 7.14. The van der Waals surface area contributed by atoms with Gasteiger partial charge >= 0.3 is 0 Å². The largest absolute Gasteiger partial charge is 0.312 e. The van der Waals surface area contributed by atoms with Crippen molar-refractivity contribution in [2.75, 3.05) is 27.2 Å². The zero-order valence-corrected chi connectivity index (χ0v) is 12.9. The number of benzene rings is 1. The van der Waals surface area contributed by atoms with E-state index in [1.807, 2.05) is 0 Å². The van der Waals surface area contributed by atoms with Crippen LogP contribution in [0.3, 0.4) is 0 Å². The second-order valence-corrected chi connectivity index (χ2v) is 5.71. The van der Waals surface area contributed by atoms with Crippen LogP contribution >= 0.6 is 15.9 Å². The van der Waals surface area contributed by atoms with Crippen LogP contribution in [0, 0.1) is 5.82 Å². The summed E-state index contributed by atoms with van der Waals surface area (Å²) in [7, 11) is 4.11. The predicted molar refractivity (Wildman–Crippen MR) is 78.4 cm³/mol. The quantitative estimate of drug-likeness (QED) is 0.831. The van der Waals surface area contributed by atoms with Crippen LogP contribution in [-0.2, 0) is 6.42 Å². The van der Waals surface area contributed by atoms with E-state index >= 15 is 0 Å². The molecule has 4 heteroatoms. The van der Waals surface area contributed by atoms with Crippen LogP contribution in [0.1, 0.15) is 18.9 Å². The lowest BCUT2D eigenvalue weighted by atomic mass is 10.1. The second kappa shape index (κ2) is 7.87. The van der Waals surface area contributed by atoms with Crippen LogP contribution < -0.4 is 5.32 Å². The Labute approximate surface area is 118 Å². The van der Waals surface area contributed by atoms with E-state index in [0.717, 1.165) is 36.0 Å². The van der Waals surface area contributed by atoms with Crippen molar-refractivity contribution >= 4 is 15.9 Å². The molecule has 102 valence electrons. The summed E-state index contributed by atoms with van der Waals surface area (Å²) in [6, 6.07) is 5.21. The van der Waals surface area contributed by atoms with Crippen molar-refractivity contribution in [3.63, 3.8) is 0 Å². The highest BCUT2D eigenvalue weighted by atomic mass is 79.9. The maximum absolute atomic E-state index is 13.3. The predicted octanol–water partition coefficient (Wildman–Crippen LogP) is 3.06. The van der Waals surface area contributed by atoms with Crippen LogP contribution in [0.4, 0.5) is 4.39 Å². The summed E-state index contributed by atoms with van der Waals surface area (Å²) in [5, 5.41) is 3.51. The van der Waals surface area contributed by atoms with E-state index in [-0.39, 0.29) is 5.82 Å². The first-order valence-electron chi connectivity index (χ1n) is 6.35. The van der Waals surface area contributed by atoms with Gasteiger partial charge in [0.05, 0.1) is 0 Å². The van der Waals surface area contributed by atoms with Crippen LogP contribution in [0.2, 0.25) is 0 Å². The van der Waals surface area contributed by atoms with Crippen LogP contribution in [0.25, 0.3) is 0 Å². The fourth-order valence-electron chi connectivity index (χ4n) is 1.96. The van der Waals surface area contributed by atoms with Crippen molar-refractivity contribution < 1.29 is 4.39 Å². The van der Waals surface area contributed by atoms with Crippen LogP contribution in [0.5, 0.6) is 0 Å². The van der Waals surface area contributed by atoms with E-state index in [0.29, 0.717) is 6.04 Å². The molecule has 0 aliphatic rings. The van der Waals surface area contributed by atoms with Gasteiger partial charge in [0.1, 0.15) is 5.82 Å². The van der Waals surface area contributed by atoms with Crippen molar-refractivity contribution in [1.29, 1.82) is 0 Å². The minimum absolute atomic E-state index is 0.174. The SMILES string of the molecule is CCCNC(Cc1cc(F)ccc1Br)CN(C)C. The Morgan fingerprint density at radius 3 is 2.72 bits per heavy atom. The first-order chi connectivity index (χ1) is 8.52. The number of nitrogens with one attached hydrogen (secondary N) is 1. The molecule has 2 nitrogen and oxygen atoms in total. The summed E-state index contributed by atoms with van der Waals surface area (Å²) in [6.45, 7) is 4.09. The molecule has 0 fully saturated rings. The number of likely N-dealkylation sites (N-methyl/N-ethyl adjacent to an activating group) is 1. The molecule has 1 unspecified atom stereocenters. The van der Waals surface area contributed by atoms with Gasteiger partial charge in [-0.3, -0.25) is 0 Å². The highest BCUT2D eigenvalue weighted by Crippen LogP contribution is 2.19. The summed E-state index contributed by atoms with van der Waals surface area (Å²) in [5.41, 5.74) is 1.02. The molecule has 0 radical (unpaired) electrons. The average molecular weight is 317 g/mol. The molecular formula is C14H22BrFN2. The number of hydrogen-bond donors (Lipinski definition) is 1. The molecule has 1 rings (SSSR count). The summed E-state index contributed by atoms with van der Waals surface area (Å²) < 4.78 is 14.2. The standard InChI is InChI=1S/C14H22BrFN2/c1-4-7-17-13(10-18(2)3)9-11-8-12(16)5-6-14(11)15/h5-6,8,13,17H,4,7,9-10H2,1-3H3. The lowest BCUT2D eigenvalue weighted by molar-refractivity contribution is 0.335. The van der Waals surface area contributed by atoms with Crippen molar-refractivity contribution in [2.24, 2.45) is 0 Å². The molecule has 0 aliphatic carbocycles. The minimum atomic E-state index is -0.174. The Kier molecular flexibility index (Phi) is 6.82. The van der Waals surface area contributed by atoms with E-state index in [4.69, 9.17) is 0 Å².